The fourth-order valence-electron chi connectivity index (χ4n) is 5.59. The highest BCUT2D eigenvalue weighted by atomic mass is 19.3. The van der Waals surface area contributed by atoms with Crippen LogP contribution in [0, 0.1) is 18.3 Å². The quantitative estimate of drug-likeness (QED) is 0.537. The molecule has 0 unspecified atom stereocenters. The van der Waals surface area contributed by atoms with Gasteiger partial charge in [-0.25, -0.2) is 8.78 Å². The van der Waals surface area contributed by atoms with E-state index in [1.807, 2.05) is 55.1 Å². The van der Waals surface area contributed by atoms with Crippen molar-refractivity contribution in [1.82, 2.24) is 4.90 Å². The van der Waals surface area contributed by atoms with Gasteiger partial charge in [0.15, 0.2) is 0 Å². The maximum Gasteiger partial charge on any atom is 0.254 e. The minimum absolute atomic E-state index is 0.0206. The number of nitrogens with zero attached hydrogens (tertiary/aromatic N) is 4. The van der Waals surface area contributed by atoms with E-state index in [2.05, 4.69) is 16.3 Å². The van der Waals surface area contributed by atoms with Crippen LogP contribution in [0.4, 0.5) is 8.78 Å². The molecule has 2 aromatic rings. The maximum absolute atomic E-state index is 13.7. The van der Waals surface area contributed by atoms with Crippen molar-refractivity contribution in [2.75, 3.05) is 13.1 Å². The summed E-state index contributed by atoms with van der Waals surface area (Å²) in [5.74, 6) is -2.51. The minimum atomic E-state index is -2.62. The Bertz CT molecular complexity index is 1280. The van der Waals surface area contributed by atoms with E-state index in [4.69, 9.17) is 5.26 Å². The van der Waals surface area contributed by atoms with Crippen molar-refractivity contribution in [3.63, 3.8) is 0 Å². The van der Waals surface area contributed by atoms with Crippen LogP contribution in [0.15, 0.2) is 46.6 Å². The van der Waals surface area contributed by atoms with E-state index in [9.17, 15) is 13.6 Å². The van der Waals surface area contributed by atoms with Crippen LogP contribution in [0.5, 0.6) is 0 Å². The van der Waals surface area contributed by atoms with E-state index < -0.39 is 5.92 Å². The predicted molar refractivity (Wildman–Crippen MR) is 139 cm³/mol. The number of amides is 1. The first-order valence-corrected chi connectivity index (χ1v) is 12.7. The molecule has 0 N–H and O–H groups in total. The van der Waals surface area contributed by atoms with Gasteiger partial charge in [-0.1, -0.05) is 25.1 Å². The summed E-state index contributed by atoms with van der Waals surface area (Å²) >= 11 is 0. The summed E-state index contributed by atoms with van der Waals surface area (Å²) in [6.45, 7) is 5.22. The lowest BCUT2D eigenvalue weighted by molar-refractivity contribution is -0.0867. The van der Waals surface area contributed by atoms with Crippen LogP contribution in [0.3, 0.4) is 0 Å². The fraction of sp³-hybridized carbons (Fsp3) is 0.429. The van der Waals surface area contributed by atoms with E-state index >= 15 is 0 Å². The summed E-state index contributed by atoms with van der Waals surface area (Å²) in [4.78, 5) is 15.5. The molecule has 3 aliphatic rings. The number of piperidine rings is 1. The number of hydrogen-bond donors (Lipinski definition) is 0. The second-order valence-electron chi connectivity index (χ2n) is 10.3. The third-order valence-corrected chi connectivity index (χ3v) is 7.85. The van der Waals surface area contributed by atoms with Crippen molar-refractivity contribution < 1.29 is 13.6 Å². The summed E-state index contributed by atoms with van der Waals surface area (Å²) in [6.07, 6.45) is 2.18. The third-order valence-electron chi connectivity index (χ3n) is 7.85. The molecule has 1 saturated carbocycles. The van der Waals surface area contributed by atoms with Crippen LogP contribution in [-0.4, -0.2) is 48.3 Å². The lowest BCUT2D eigenvalue weighted by Crippen LogP contribution is -2.38. The number of nitriles is 1. The number of aryl methyl sites for hydroxylation is 1. The van der Waals surface area contributed by atoms with Crippen LogP contribution in [-0.2, 0) is 0 Å². The molecule has 184 valence electrons. The summed E-state index contributed by atoms with van der Waals surface area (Å²) in [6, 6.07) is 13.7. The van der Waals surface area contributed by atoms with Gasteiger partial charge in [0.25, 0.3) is 5.91 Å². The topological polar surface area (TPSA) is 68.8 Å². The number of benzene rings is 2. The Morgan fingerprint density at radius 1 is 1.14 bits per heavy atom. The van der Waals surface area contributed by atoms with Gasteiger partial charge >= 0.3 is 0 Å². The zero-order valence-electron chi connectivity index (χ0n) is 20.7. The highest BCUT2D eigenvalue weighted by Gasteiger charge is 2.47. The number of hydrogen-bond acceptors (Lipinski definition) is 4. The van der Waals surface area contributed by atoms with Crippen LogP contribution in [0.2, 0.25) is 0 Å². The van der Waals surface area contributed by atoms with E-state index in [0.717, 1.165) is 47.2 Å². The van der Waals surface area contributed by atoms with Crippen molar-refractivity contribution in [2.45, 2.75) is 63.7 Å². The van der Waals surface area contributed by atoms with Crippen LogP contribution >= 0.6 is 0 Å². The van der Waals surface area contributed by atoms with Gasteiger partial charge in [0, 0.05) is 42.7 Å². The first kappa shape index (κ1) is 24.4. The number of alkyl halides is 2. The Morgan fingerprint density at radius 3 is 2.42 bits per heavy atom. The van der Waals surface area contributed by atoms with Gasteiger partial charge in [0.05, 0.1) is 11.6 Å². The van der Waals surface area contributed by atoms with Crippen molar-refractivity contribution >= 4 is 24.4 Å². The zero-order chi connectivity index (χ0) is 25.4. The van der Waals surface area contributed by atoms with Gasteiger partial charge in [-0.15, -0.1) is 0 Å². The standard InChI is InChI=1S/C28H29BF2N4O/c1-3-25-29-26(34-33-25)24-13-22(17(2)12-23(24)21-14-28(30,31)15-21)27(36)35-10-8-20(9-11-35)19-6-4-18(16-32)5-7-19/h4-7,12-13,20-21,29H,3,8-11,14-15H2,1-2H3. The molecule has 0 aromatic heterocycles. The van der Waals surface area contributed by atoms with Crippen molar-refractivity contribution in [3.8, 4) is 6.07 Å². The molecule has 0 bridgehead atoms. The van der Waals surface area contributed by atoms with Gasteiger partial charge < -0.3 is 4.90 Å². The SMILES string of the molecule is CCC1=NN=C(c2cc(C(=O)N3CCC(c4ccc(C#N)cc4)CC3)c(C)cc2C2CC(F)(F)C2)B1. The Morgan fingerprint density at radius 2 is 1.83 bits per heavy atom. The molecule has 36 heavy (non-hydrogen) atoms. The van der Waals surface area contributed by atoms with Crippen molar-refractivity contribution in [3.05, 3.63) is 69.8 Å². The molecule has 2 fully saturated rings. The average Bonchev–Trinajstić information content (AvgIpc) is 3.36. The molecule has 2 aliphatic heterocycles. The number of carbonyl (C=O) groups excluding carboxylic acids is 1. The molecule has 1 amide bonds. The number of rotatable bonds is 5. The highest BCUT2D eigenvalue weighted by Crippen LogP contribution is 2.49. The monoisotopic (exact) mass is 486 g/mol. The smallest absolute Gasteiger partial charge is 0.254 e. The maximum atomic E-state index is 13.7. The molecule has 2 heterocycles. The second-order valence-corrected chi connectivity index (χ2v) is 10.3. The van der Waals surface area contributed by atoms with E-state index in [0.29, 0.717) is 37.4 Å². The molecule has 2 aromatic carbocycles. The fourth-order valence-corrected chi connectivity index (χ4v) is 5.59. The minimum Gasteiger partial charge on any atom is -0.339 e. The van der Waals surface area contributed by atoms with E-state index in [-0.39, 0.29) is 24.7 Å². The average molecular weight is 486 g/mol. The normalized spacial score (nSPS) is 19.7. The van der Waals surface area contributed by atoms with Gasteiger partial charge in [-0.3, -0.25) is 4.79 Å². The van der Waals surface area contributed by atoms with E-state index in [1.165, 1.54) is 5.56 Å². The van der Waals surface area contributed by atoms with Gasteiger partial charge in [-0.2, -0.15) is 15.5 Å². The molecular weight excluding hydrogens is 457 g/mol. The molecule has 0 spiro atoms. The first-order valence-electron chi connectivity index (χ1n) is 12.7. The number of carbonyl (C=O) groups is 1. The summed E-state index contributed by atoms with van der Waals surface area (Å²) in [5.41, 5.74) is 6.67. The molecule has 0 atom stereocenters. The Kier molecular flexibility index (Phi) is 6.50. The second kappa shape index (κ2) is 9.61. The van der Waals surface area contributed by atoms with Gasteiger partial charge in [0.1, 0.15) is 0 Å². The van der Waals surface area contributed by atoms with Crippen LogP contribution in [0.25, 0.3) is 0 Å². The molecule has 8 heteroatoms. The summed E-state index contributed by atoms with van der Waals surface area (Å²) < 4.78 is 27.4. The molecule has 5 nitrogen and oxygen atoms in total. The lowest BCUT2D eigenvalue weighted by atomic mass is 9.62. The molecule has 1 saturated heterocycles. The van der Waals surface area contributed by atoms with Crippen molar-refractivity contribution in [2.24, 2.45) is 10.2 Å². The van der Waals surface area contributed by atoms with E-state index in [1.54, 1.807) is 0 Å². The molecule has 5 rings (SSSR count). The zero-order valence-corrected chi connectivity index (χ0v) is 20.7. The number of halogens is 2. The van der Waals surface area contributed by atoms with Crippen LogP contribution in [0.1, 0.15) is 89.0 Å². The summed E-state index contributed by atoms with van der Waals surface area (Å²) in [5, 5.41) is 17.7. The van der Waals surface area contributed by atoms with Crippen LogP contribution < -0.4 is 0 Å². The predicted octanol–water partition coefficient (Wildman–Crippen LogP) is 5.32. The van der Waals surface area contributed by atoms with Crippen molar-refractivity contribution in [1.29, 1.82) is 5.26 Å². The molecule has 1 aliphatic carbocycles. The molecule has 0 radical (unpaired) electrons. The van der Waals surface area contributed by atoms with Gasteiger partial charge in [-0.05, 0) is 78.5 Å². The Hall–Kier alpha value is -3.34. The molecular formula is C28H29BF2N4O. The Balaban J connectivity index is 1.36. The summed E-state index contributed by atoms with van der Waals surface area (Å²) in [7, 11) is 0.597. The third kappa shape index (κ3) is 4.71. The lowest BCUT2D eigenvalue weighted by Gasteiger charge is -2.37. The van der Waals surface area contributed by atoms with Gasteiger partial charge in [0.2, 0.25) is 13.2 Å². The number of likely N-dealkylation sites (tertiary alicyclic amines) is 1. The Labute approximate surface area is 211 Å². The largest absolute Gasteiger partial charge is 0.339 e. The highest BCUT2D eigenvalue weighted by molar-refractivity contribution is 7.02. The first-order chi connectivity index (χ1) is 17.3.